The van der Waals surface area contributed by atoms with Gasteiger partial charge in [0, 0.05) is 23.7 Å². The summed E-state index contributed by atoms with van der Waals surface area (Å²) in [5.41, 5.74) is 3.36. The zero-order valence-electron chi connectivity index (χ0n) is 16.2. The standard InChI is InChI=1S/C22H23N3O3/c1-14(2)21(26)24-18-11-7-8-16(12-18)13-23-22(27)19-15(3)28-25-20(19)17-9-5-4-6-10-17/h4-12,14H,13H2,1-3H3,(H,23,27)(H,24,26). The number of anilines is 1. The van der Waals surface area contributed by atoms with Gasteiger partial charge in [0.05, 0.1) is 0 Å². The number of hydrogen-bond acceptors (Lipinski definition) is 4. The van der Waals surface area contributed by atoms with Crippen molar-refractivity contribution in [3.8, 4) is 11.3 Å². The molecule has 2 amide bonds. The zero-order chi connectivity index (χ0) is 20.1. The first-order valence-corrected chi connectivity index (χ1v) is 9.15. The highest BCUT2D eigenvalue weighted by Crippen LogP contribution is 2.25. The van der Waals surface area contributed by atoms with Gasteiger partial charge in [0.1, 0.15) is 17.0 Å². The van der Waals surface area contributed by atoms with Crippen molar-refractivity contribution in [2.24, 2.45) is 5.92 Å². The molecule has 0 aliphatic rings. The van der Waals surface area contributed by atoms with Crippen molar-refractivity contribution >= 4 is 17.5 Å². The molecule has 0 spiro atoms. The molecule has 28 heavy (non-hydrogen) atoms. The van der Waals surface area contributed by atoms with Gasteiger partial charge >= 0.3 is 0 Å². The molecule has 2 aromatic carbocycles. The van der Waals surface area contributed by atoms with Crippen molar-refractivity contribution in [1.82, 2.24) is 10.5 Å². The molecular formula is C22H23N3O3. The number of carbonyl (C=O) groups excluding carboxylic acids is 2. The number of aromatic nitrogens is 1. The molecule has 0 bridgehead atoms. The summed E-state index contributed by atoms with van der Waals surface area (Å²) in [6.45, 7) is 5.72. The fourth-order valence-corrected chi connectivity index (χ4v) is 2.75. The summed E-state index contributed by atoms with van der Waals surface area (Å²) in [6, 6.07) is 16.9. The van der Waals surface area contributed by atoms with E-state index < -0.39 is 0 Å². The Morgan fingerprint density at radius 1 is 1.07 bits per heavy atom. The van der Waals surface area contributed by atoms with Gasteiger partial charge in [-0.05, 0) is 24.6 Å². The van der Waals surface area contributed by atoms with Crippen LogP contribution in [0, 0.1) is 12.8 Å². The van der Waals surface area contributed by atoms with E-state index in [9.17, 15) is 9.59 Å². The molecular weight excluding hydrogens is 354 g/mol. The van der Waals surface area contributed by atoms with E-state index in [1.165, 1.54) is 0 Å². The van der Waals surface area contributed by atoms with Crippen LogP contribution in [-0.4, -0.2) is 17.0 Å². The normalized spacial score (nSPS) is 10.7. The predicted molar refractivity (Wildman–Crippen MR) is 108 cm³/mol. The van der Waals surface area contributed by atoms with Crippen molar-refractivity contribution in [2.75, 3.05) is 5.32 Å². The Hall–Kier alpha value is -3.41. The first-order valence-electron chi connectivity index (χ1n) is 9.15. The Morgan fingerprint density at radius 3 is 2.54 bits per heavy atom. The van der Waals surface area contributed by atoms with Crippen LogP contribution in [0.1, 0.15) is 35.5 Å². The summed E-state index contributed by atoms with van der Waals surface area (Å²) >= 11 is 0. The molecule has 3 aromatic rings. The Kier molecular flexibility index (Phi) is 5.89. The lowest BCUT2D eigenvalue weighted by Crippen LogP contribution is -2.24. The topological polar surface area (TPSA) is 84.2 Å². The van der Waals surface area contributed by atoms with Crippen molar-refractivity contribution in [1.29, 1.82) is 0 Å². The SMILES string of the molecule is Cc1onc(-c2ccccc2)c1C(=O)NCc1cccc(NC(=O)C(C)C)c1. The number of rotatable bonds is 6. The van der Waals surface area contributed by atoms with Gasteiger partial charge in [-0.2, -0.15) is 0 Å². The maximum Gasteiger partial charge on any atom is 0.257 e. The first kappa shape index (κ1) is 19.4. The van der Waals surface area contributed by atoms with Gasteiger partial charge in [-0.3, -0.25) is 9.59 Å². The van der Waals surface area contributed by atoms with Crippen LogP contribution in [0.25, 0.3) is 11.3 Å². The van der Waals surface area contributed by atoms with E-state index in [-0.39, 0.29) is 17.7 Å². The fraction of sp³-hybridized carbons (Fsp3) is 0.227. The number of hydrogen-bond donors (Lipinski definition) is 2. The molecule has 0 saturated carbocycles. The largest absolute Gasteiger partial charge is 0.360 e. The summed E-state index contributed by atoms with van der Waals surface area (Å²) in [7, 11) is 0. The van der Waals surface area contributed by atoms with E-state index in [4.69, 9.17) is 4.52 Å². The van der Waals surface area contributed by atoms with E-state index in [0.717, 1.165) is 11.1 Å². The van der Waals surface area contributed by atoms with Gasteiger partial charge in [-0.1, -0.05) is 61.5 Å². The number of carbonyl (C=O) groups is 2. The minimum absolute atomic E-state index is 0.0474. The van der Waals surface area contributed by atoms with Crippen LogP contribution in [0.2, 0.25) is 0 Å². The van der Waals surface area contributed by atoms with Gasteiger partial charge in [0.2, 0.25) is 5.91 Å². The molecule has 0 fully saturated rings. The lowest BCUT2D eigenvalue weighted by molar-refractivity contribution is -0.118. The van der Waals surface area contributed by atoms with Crippen molar-refractivity contribution in [3.05, 3.63) is 71.5 Å². The number of nitrogens with zero attached hydrogens (tertiary/aromatic N) is 1. The van der Waals surface area contributed by atoms with Crippen molar-refractivity contribution in [2.45, 2.75) is 27.3 Å². The molecule has 144 valence electrons. The Bertz CT molecular complexity index is 978. The number of benzene rings is 2. The van der Waals surface area contributed by atoms with Crippen LogP contribution in [0.4, 0.5) is 5.69 Å². The average molecular weight is 377 g/mol. The highest BCUT2D eigenvalue weighted by Gasteiger charge is 2.21. The lowest BCUT2D eigenvalue weighted by Gasteiger charge is -2.10. The summed E-state index contributed by atoms with van der Waals surface area (Å²) in [6.07, 6.45) is 0. The molecule has 1 aromatic heterocycles. The highest BCUT2D eigenvalue weighted by atomic mass is 16.5. The Labute approximate surface area is 163 Å². The fourth-order valence-electron chi connectivity index (χ4n) is 2.75. The smallest absolute Gasteiger partial charge is 0.257 e. The van der Waals surface area contributed by atoms with E-state index in [1.54, 1.807) is 6.92 Å². The molecule has 0 saturated heterocycles. The van der Waals surface area contributed by atoms with Gasteiger partial charge in [0.15, 0.2) is 0 Å². The molecule has 0 atom stereocenters. The van der Waals surface area contributed by atoms with Crippen LogP contribution >= 0.6 is 0 Å². The monoisotopic (exact) mass is 377 g/mol. The van der Waals surface area contributed by atoms with Crippen LogP contribution in [0.15, 0.2) is 59.1 Å². The lowest BCUT2D eigenvalue weighted by atomic mass is 10.1. The molecule has 3 rings (SSSR count). The maximum atomic E-state index is 12.8. The van der Waals surface area contributed by atoms with Crippen molar-refractivity contribution < 1.29 is 14.1 Å². The minimum Gasteiger partial charge on any atom is -0.360 e. The quantitative estimate of drug-likeness (QED) is 0.675. The molecule has 2 N–H and O–H groups in total. The predicted octanol–water partition coefficient (Wildman–Crippen LogP) is 4.17. The maximum absolute atomic E-state index is 12.8. The molecule has 6 heteroatoms. The van der Waals surface area contributed by atoms with E-state index in [1.807, 2.05) is 68.4 Å². The Balaban J connectivity index is 1.72. The number of nitrogens with one attached hydrogen (secondary N) is 2. The summed E-state index contributed by atoms with van der Waals surface area (Å²) < 4.78 is 5.25. The summed E-state index contributed by atoms with van der Waals surface area (Å²) in [5.74, 6) is 0.0636. The summed E-state index contributed by atoms with van der Waals surface area (Å²) in [5, 5.41) is 9.81. The van der Waals surface area contributed by atoms with Crippen LogP contribution < -0.4 is 10.6 Å². The molecule has 0 aliphatic heterocycles. The van der Waals surface area contributed by atoms with Gasteiger partial charge in [0.25, 0.3) is 5.91 Å². The third kappa shape index (κ3) is 4.46. The summed E-state index contributed by atoms with van der Waals surface area (Å²) in [4.78, 5) is 24.6. The first-order chi connectivity index (χ1) is 13.5. The molecule has 6 nitrogen and oxygen atoms in total. The second-order valence-electron chi connectivity index (χ2n) is 6.86. The highest BCUT2D eigenvalue weighted by molar-refractivity contribution is 6.00. The molecule has 0 radical (unpaired) electrons. The second kappa shape index (κ2) is 8.52. The number of aryl methyl sites for hydroxylation is 1. The molecule has 1 heterocycles. The zero-order valence-corrected chi connectivity index (χ0v) is 16.2. The van der Waals surface area contributed by atoms with Crippen LogP contribution in [-0.2, 0) is 11.3 Å². The van der Waals surface area contributed by atoms with E-state index in [2.05, 4.69) is 15.8 Å². The van der Waals surface area contributed by atoms with E-state index in [0.29, 0.717) is 29.2 Å². The third-order valence-corrected chi connectivity index (χ3v) is 4.31. The number of amides is 2. The Morgan fingerprint density at radius 2 is 1.82 bits per heavy atom. The van der Waals surface area contributed by atoms with E-state index >= 15 is 0 Å². The van der Waals surface area contributed by atoms with Gasteiger partial charge in [-0.25, -0.2) is 0 Å². The van der Waals surface area contributed by atoms with Gasteiger partial charge in [-0.15, -0.1) is 0 Å². The third-order valence-electron chi connectivity index (χ3n) is 4.31. The van der Waals surface area contributed by atoms with Crippen LogP contribution in [0.3, 0.4) is 0 Å². The molecule has 0 unspecified atom stereocenters. The van der Waals surface area contributed by atoms with Crippen LogP contribution in [0.5, 0.6) is 0 Å². The molecule has 0 aliphatic carbocycles. The average Bonchev–Trinajstić information content (AvgIpc) is 3.08. The minimum atomic E-state index is -0.255. The van der Waals surface area contributed by atoms with Crippen molar-refractivity contribution in [3.63, 3.8) is 0 Å². The second-order valence-corrected chi connectivity index (χ2v) is 6.86. The van der Waals surface area contributed by atoms with Gasteiger partial charge < -0.3 is 15.2 Å².